The molecule has 0 aliphatic carbocycles. The van der Waals surface area contributed by atoms with Crippen LogP contribution in [0.3, 0.4) is 0 Å². The van der Waals surface area contributed by atoms with Crippen LogP contribution >= 0.6 is 27.5 Å². The van der Waals surface area contributed by atoms with E-state index < -0.39 is 0 Å². The molecule has 1 heterocycles. The van der Waals surface area contributed by atoms with Crippen LogP contribution in [0.4, 0.5) is 5.69 Å². The topological polar surface area (TPSA) is 21.7 Å². The van der Waals surface area contributed by atoms with E-state index in [1.807, 2.05) is 0 Å². The van der Waals surface area contributed by atoms with Gasteiger partial charge in [0.25, 0.3) is 0 Å². The largest absolute Gasteiger partial charge is 0.494 e. The molecule has 1 aromatic rings. The predicted octanol–water partition coefficient (Wildman–Crippen LogP) is 3.43. The van der Waals surface area contributed by atoms with E-state index in [0.29, 0.717) is 5.88 Å². The molecule has 0 N–H and O–H groups in total. The van der Waals surface area contributed by atoms with Gasteiger partial charge >= 0.3 is 7.12 Å². The number of benzene rings is 1. The molecule has 1 aromatic carbocycles. The predicted molar refractivity (Wildman–Crippen MR) is 98.9 cm³/mol. The van der Waals surface area contributed by atoms with Gasteiger partial charge in [-0.3, -0.25) is 0 Å². The Kier molecular flexibility index (Phi) is 5.87. The van der Waals surface area contributed by atoms with Crippen LogP contribution in [0.25, 0.3) is 0 Å². The first-order chi connectivity index (χ1) is 10.3. The van der Waals surface area contributed by atoms with Crippen LogP contribution in [0, 0.1) is 0 Å². The van der Waals surface area contributed by atoms with E-state index in [1.54, 1.807) is 0 Å². The van der Waals surface area contributed by atoms with Crippen LogP contribution in [0.5, 0.6) is 0 Å². The van der Waals surface area contributed by atoms with Crippen molar-refractivity contribution in [3.63, 3.8) is 0 Å². The van der Waals surface area contributed by atoms with Crippen molar-refractivity contribution < 1.29 is 9.31 Å². The molecular weight excluding hydrogens is 364 g/mol. The maximum Gasteiger partial charge on any atom is 0.494 e. The van der Waals surface area contributed by atoms with Gasteiger partial charge in [-0.05, 0) is 45.3 Å². The molecule has 1 saturated heterocycles. The maximum atomic E-state index is 6.08. The van der Waals surface area contributed by atoms with Crippen LogP contribution in [0.1, 0.15) is 27.7 Å². The molecule has 3 nitrogen and oxygen atoms in total. The van der Waals surface area contributed by atoms with E-state index in [2.05, 4.69) is 72.8 Å². The van der Waals surface area contributed by atoms with Gasteiger partial charge < -0.3 is 14.2 Å². The van der Waals surface area contributed by atoms with E-state index in [-0.39, 0.29) is 18.3 Å². The minimum absolute atomic E-state index is 0.309. The molecule has 0 aromatic heterocycles. The summed E-state index contributed by atoms with van der Waals surface area (Å²) in [6.45, 7) is 10.0. The van der Waals surface area contributed by atoms with Crippen molar-refractivity contribution in [2.75, 3.05) is 29.2 Å². The van der Waals surface area contributed by atoms with Crippen LogP contribution < -0.4 is 10.4 Å². The van der Waals surface area contributed by atoms with Crippen molar-refractivity contribution in [1.82, 2.24) is 0 Å². The van der Waals surface area contributed by atoms with Crippen molar-refractivity contribution >= 4 is 45.8 Å². The van der Waals surface area contributed by atoms with Gasteiger partial charge in [-0.2, -0.15) is 0 Å². The summed E-state index contributed by atoms with van der Waals surface area (Å²) in [4.78, 5) is 2.26. The molecule has 0 bridgehead atoms. The van der Waals surface area contributed by atoms with Gasteiger partial charge in [0, 0.05) is 30.0 Å². The normalized spacial score (nSPS) is 19.5. The smallest absolute Gasteiger partial charge is 0.399 e. The van der Waals surface area contributed by atoms with E-state index in [1.165, 1.54) is 5.69 Å². The number of hydrogen-bond donors (Lipinski definition) is 0. The monoisotopic (exact) mass is 387 g/mol. The second-order valence-corrected chi connectivity index (χ2v) is 7.72. The molecule has 6 heteroatoms. The van der Waals surface area contributed by atoms with Crippen molar-refractivity contribution in [2.24, 2.45) is 0 Å². The first kappa shape index (κ1) is 18.1. The third-order valence-corrected chi connectivity index (χ3v) is 5.02. The third kappa shape index (κ3) is 3.81. The standard InChI is InChI=1S/C16H24BBrClNO2/c1-15(2)16(3,4)22-17(21-15)13-5-7-14(8-6-13)20(11-9-18)12-10-19/h5-8H,9-12H2,1-4H3. The fraction of sp³-hybridized carbons (Fsp3) is 0.625. The van der Waals surface area contributed by atoms with Gasteiger partial charge in [0.15, 0.2) is 0 Å². The summed E-state index contributed by atoms with van der Waals surface area (Å²) < 4.78 is 12.2. The second kappa shape index (κ2) is 7.12. The Balaban J connectivity index is 2.12. The molecule has 0 unspecified atom stereocenters. The van der Waals surface area contributed by atoms with E-state index >= 15 is 0 Å². The Labute approximate surface area is 147 Å². The number of halogens is 2. The Morgan fingerprint density at radius 2 is 1.59 bits per heavy atom. The lowest BCUT2D eigenvalue weighted by Crippen LogP contribution is -2.41. The second-order valence-electron chi connectivity index (χ2n) is 6.54. The van der Waals surface area contributed by atoms with Crippen molar-refractivity contribution in [1.29, 1.82) is 0 Å². The lowest BCUT2D eigenvalue weighted by atomic mass is 9.79. The summed E-state index contributed by atoms with van der Waals surface area (Å²) in [6, 6.07) is 8.37. The number of nitrogens with zero attached hydrogens (tertiary/aromatic N) is 1. The Bertz CT molecular complexity index is 473. The molecule has 1 fully saturated rings. The highest BCUT2D eigenvalue weighted by Crippen LogP contribution is 2.36. The fourth-order valence-electron chi connectivity index (χ4n) is 2.40. The summed E-state index contributed by atoms with van der Waals surface area (Å²) in [5.74, 6) is 0.617. The van der Waals surface area contributed by atoms with Gasteiger partial charge in [-0.1, -0.05) is 28.1 Å². The number of rotatable bonds is 6. The van der Waals surface area contributed by atoms with Crippen LogP contribution in [-0.2, 0) is 9.31 Å². The molecule has 122 valence electrons. The van der Waals surface area contributed by atoms with Gasteiger partial charge in [0.05, 0.1) is 11.2 Å². The third-order valence-electron chi connectivity index (χ3n) is 4.49. The summed E-state index contributed by atoms with van der Waals surface area (Å²) in [5.41, 5.74) is 1.60. The number of anilines is 1. The van der Waals surface area contributed by atoms with E-state index in [9.17, 15) is 0 Å². The van der Waals surface area contributed by atoms with Gasteiger partial charge in [0.2, 0.25) is 0 Å². The zero-order chi connectivity index (χ0) is 16.4. The molecule has 0 atom stereocenters. The van der Waals surface area contributed by atoms with Crippen molar-refractivity contribution in [3.8, 4) is 0 Å². The van der Waals surface area contributed by atoms with Crippen molar-refractivity contribution in [2.45, 2.75) is 38.9 Å². The zero-order valence-electron chi connectivity index (χ0n) is 13.7. The first-order valence-electron chi connectivity index (χ1n) is 7.63. The lowest BCUT2D eigenvalue weighted by Gasteiger charge is -2.32. The lowest BCUT2D eigenvalue weighted by molar-refractivity contribution is 0.00578. The Morgan fingerprint density at radius 3 is 2.05 bits per heavy atom. The molecule has 1 aliphatic heterocycles. The highest BCUT2D eigenvalue weighted by atomic mass is 79.9. The van der Waals surface area contributed by atoms with E-state index in [4.69, 9.17) is 20.9 Å². The van der Waals surface area contributed by atoms with Gasteiger partial charge in [-0.25, -0.2) is 0 Å². The van der Waals surface area contributed by atoms with Gasteiger partial charge in [-0.15, -0.1) is 11.6 Å². The highest BCUT2D eigenvalue weighted by Gasteiger charge is 2.51. The molecular formula is C16H24BBrClNO2. The molecule has 0 radical (unpaired) electrons. The Hall–Kier alpha value is -0.225. The summed E-state index contributed by atoms with van der Waals surface area (Å²) in [6.07, 6.45) is 0. The maximum absolute atomic E-state index is 6.08. The van der Waals surface area contributed by atoms with Crippen molar-refractivity contribution in [3.05, 3.63) is 24.3 Å². The quantitative estimate of drug-likeness (QED) is 0.551. The minimum Gasteiger partial charge on any atom is -0.399 e. The molecule has 0 amide bonds. The summed E-state index contributed by atoms with van der Waals surface area (Å²) in [7, 11) is -0.309. The zero-order valence-corrected chi connectivity index (χ0v) is 16.1. The molecule has 1 aliphatic rings. The minimum atomic E-state index is -0.309. The highest BCUT2D eigenvalue weighted by molar-refractivity contribution is 9.09. The number of hydrogen-bond acceptors (Lipinski definition) is 3. The molecule has 0 spiro atoms. The van der Waals surface area contributed by atoms with E-state index in [0.717, 1.165) is 23.9 Å². The molecule has 22 heavy (non-hydrogen) atoms. The molecule has 0 saturated carbocycles. The number of alkyl halides is 2. The first-order valence-corrected chi connectivity index (χ1v) is 9.29. The van der Waals surface area contributed by atoms with Crippen LogP contribution in [0.2, 0.25) is 0 Å². The van der Waals surface area contributed by atoms with Crippen LogP contribution in [0.15, 0.2) is 24.3 Å². The molecule has 2 rings (SSSR count). The van der Waals surface area contributed by atoms with Gasteiger partial charge in [0.1, 0.15) is 0 Å². The average molecular weight is 389 g/mol. The fourth-order valence-corrected chi connectivity index (χ4v) is 3.03. The summed E-state index contributed by atoms with van der Waals surface area (Å²) in [5, 5.41) is 0.920. The van der Waals surface area contributed by atoms with Crippen LogP contribution in [-0.4, -0.2) is 42.6 Å². The average Bonchev–Trinajstić information content (AvgIpc) is 2.67. The summed E-state index contributed by atoms with van der Waals surface area (Å²) >= 11 is 9.37. The SMILES string of the molecule is CC1(C)OB(c2ccc(N(CCCl)CCBr)cc2)OC1(C)C. The Morgan fingerprint density at radius 1 is 1.05 bits per heavy atom.